The molecular formula is C13H17N5O4. The van der Waals surface area contributed by atoms with Crippen LogP contribution in [0.3, 0.4) is 0 Å². The summed E-state index contributed by atoms with van der Waals surface area (Å²) in [6.45, 7) is 0. The second-order valence-corrected chi connectivity index (χ2v) is 4.83. The second kappa shape index (κ2) is 5.87. The lowest BCUT2D eigenvalue weighted by Gasteiger charge is -2.28. The Balaban J connectivity index is 1.95. The molecule has 2 aromatic rings. The van der Waals surface area contributed by atoms with Gasteiger partial charge in [0, 0.05) is 14.2 Å². The van der Waals surface area contributed by atoms with Crippen LogP contribution < -0.4 is 5.73 Å². The topological polar surface area (TPSA) is 118 Å². The molecular weight excluding hydrogens is 290 g/mol. The highest BCUT2D eigenvalue weighted by Crippen LogP contribution is 2.30. The number of nitrogens with two attached hydrogens (primary N) is 1. The minimum atomic E-state index is -0.994. The van der Waals surface area contributed by atoms with E-state index in [1.54, 1.807) is 17.0 Å². The molecule has 9 heteroatoms. The first kappa shape index (κ1) is 14.7. The van der Waals surface area contributed by atoms with Crippen molar-refractivity contribution < 1.29 is 19.3 Å². The molecule has 118 valence electrons. The molecule has 2 aromatic heterocycles. The molecule has 22 heavy (non-hydrogen) atoms. The quantitative estimate of drug-likeness (QED) is 0.732. The largest absolute Gasteiger partial charge is 0.493 e. The Hall–Kier alpha value is -2.23. The first-order chi connectivity index (χ1) is 10.7. The second-order valence-electron chi connectivity index (χ2n) is 4.83. The number of fused-ring (bicyclic) bond motifs is 1. The Labute approximate surface area is 126 Å². The van der Waals surface area contributed by atoms with Crippen LogP contribution in [-0.4, -0.2) is 57.3 Å². The van der Waals surface area contributed by atoms with Gasteiger partial charge in [-0.25, -0.2) is 15.0 Å². The van der Waals surface area contributed by atoms with Crippen molar-refractivity contribution in [3.8, 4) is 0 Å². The van der Waals surface area contributed by atoms with Gasteiger partial charge in [-0.15, -0.1) is 0 Å². The first-order valence-electron chi connectivity index (χ1n) is 6.66. The standard InChI is InChI=1S/C13H17N5O4/c1-20-13(21-2)9(19)10-7(3-4-22-10)18-6-17-8-11(14)15-5-16-12(8)18/h3-7,9-10,13,19H,1-2H3,(H2,14,15,16)/t7-,9+,10+/m0/s1. The lowest BCUT2D eigenvalue weighted by atomic mass is 10.1. The molecule has 0 amide bonds. The number of aliphatic hydroxyl groups is 1. The van der Waals surface area contributed by atoms with Crippen LogP contribution in [0.4, 0.5) is 5.82 Å². The van der Waals surface area contributed by atoms with Crippen molar-refractivity contribution in [2.45, 2.75) is 24.5 Å². The van der Waals surface area contributed by atoms with Gasteiger partial charge in [0.25, 0.3) is 0 Å². The third-order valence-corrected chi connectivity index (χ3v) is 3.64. The van der Waals surface area contributed by atoms with Gasteiger partial charge < -0.3 is 29.6 Å². The van der Waals surface area contributed by atoms with Gasteiger partial charge in [0.2, 0.25) is 0 Å². The molecule has 3 atom stereocenters. The molecule has 0 aliphatic carbocycles. The van der Waals surface area contributed by atoms with Gasteiger partial charge in [-0.1, -0.05) is 0 Å². The van der Waals surface area contributed by atoms with Crippen LogP contribution in [0.25, 0.3) is 11.2 Å². The van der Waals surface area contributed by atoms with E-state index in [0.29, 0.717) is 17.0 Å². The zero-order chi connectivity index (χ0) is 15.7. The average Bonchev–Trinajstić information content (AvgIpc) is 3.15. The Morgan fingerprint density at radius 2 is 2.09 bits per heavy atom. The minimum Gasteiger partial charge on any atom is -0.493 e. The highest BCUT2D eigenvalue weighted by molar-refractivity contribution is 5.81. The molecule has 1 aliphatic heterocycles. The summed E-state index contributed by atoms with van der Waals surface area (Å²) in [7, 11) is 2.91. The number of aliphatic hydroxyl groups excluding tert-OH is 1. The number of anilines is 1. The third-order valence-electron chi connectivity index (χ3n) is 3.64. The predicted molar refractivity (Wildman–Crippen MR) is 76.6 cm³/mol. The predicted octanol–water partition coefficient (Wildman–Crippen LogP) is -0.158. The van der Waals surface area contributed by atoms with E-state index >= 15 is 0 Å². The van der Waals surface area contributed by atoms with Crippen LogP contribution in [0.15, 0.2) is 25.0 Å². The highest BCUT2D eigenvalue weighted by atomic mass is 16.7. The lowest BCUT2D eigenvalue weighted by Crippen LogP contribution is -2.43. The number of methoxy groups -OCH3 is 2. The first-order valence-corrected chi connectivity index (χ1v) is 6.66. The molecule has 3 N–H and O–H groups in total. The van der Waals surface area contributed by atoms with Crippen LogP contribution in [-0.2, 0) is 14.2 Å². The van der Waals surface area contributed by atoms with Gasteiger partial charge in [0.15, 0.2) is 23.9 Å². The minimum absolute atomic E-state index is 0.301. The van der Waals surface area contributed by atoms with Gasteiger partial charge >= 0.3 is 0 Å². The lowest BCUT2D eigenvalue weighted by molar-refractivity contribution is -0.192. The summed E-state index contributed by atoms with van der Waals surface area (Å²) in [6, 6.07) is -0.318. The summed E-state index contributed by atoms with van der Waals surface area (Å²) in [5, 5.41) is 10.4. The molecule has 0 radical (unpaired) electrons. The zero-order valence-corrected chi connectivity index (χ0v) is 12.2. The van der Waals surface area contributed by atoms with E-state index in [9.17, 15) is 5.11 Å². The van der Waals surface area contributed by atoms with E-state index in [1.807, 2.05) is 0 Å². The van der Waals surface area contributed by atoms with Crippen molar-refractivity contribution in [3.05, 3.63) is 25.0 Å². The number of hydrogen-bond acceptors (Lipinski definition) is 8. The molecule has 0 bridgehead atoms. The van der Waals surface area contributed by atoms with Crippen molar-refractivity contribution in [3.63, 3.8) is 0 Å². The van der Waals surface area contributed by atoms with E-state index in [2.05, 4.69) is 15.0 Å². The molecule has 0 saturated heterocycles. The maximum atomic E-state index is 10.4. The molecule has 0 aromatic carbocycles. The van der Waals surface area contributed by atoms with Crippen LogP contribution in [0, 0.1) is 0 Å². The molecule has 0 unspecified atom stereocenters. The van der Waals surface area contributed by atoms with Crippen LogP contribution in [0.2, 0.25) is 0 Å². The van der Waals surface area contributed by atoms with Gasteiger partial charge in [-0.3, -0.25) is 0 Å². The number of rotatable bonds is 5. The van der Waals surface area contributed by atoms with Gasteiger partial charge in [0.1, 0.15) is 17.9 Å². The summed E-state index contributed by atoms with van der Waals surface area (Å²) in [5.74, 6) is 0.301. The van der Waals surface area contributed by atoms with Gasteiger partial charge in [0.05, 0.1) is 18.6 Å². The van der Waals surface area contributed by atoms with E-state index in [1.165, 1.54) is 26.8 Å². The summed E-state index contributed by atoms with van der Waals surface area (Å²) in [5.41, 5.74) is 6.86. The molecule has 0 saturated carbocycles. The Bertz CT molecular complexity index is 684. The Kier molecular flexibility index (Phi) is 3.92. The Morgan fingerprint density at radius 1 is 1.32 bits per heavy atom. The molecule has 0 spiro atoms. The number of nitrogen functional groups attached to an aromatic ring is 1. The fourth-order valence-corrected chi connectivity index (χ4v) is 2.56. The fraction of sp³-hybridized carbons (Fsp3) is 0.462. The third kappa shape index (κ3) is 2.28. The SMILES string of the molecule is COC(OC)[C@H](O)[C@@H]1OC=C[C@@H]1n1cnc2c(N)ncnc21. The van der Waals surface area contributed by atoms with Crippen LogP contribution >= 0.6 is 0 Å². The number of ether oxygens (including phenoxy) is 3. The normalized spacial score (nSPS) is 22.4. The van der Waals surface area contributed by atoms with Crippen molar-refractivity contribution in [1.29, 1.82) is 0 Å². The summed E-state index contributed by atoms with van der Waals surface area (Å²) >= 11 is 0. The van der Waals surface area contributed by atoms with Crippen molar-refractivity contribution in [1.82, 2.24) is 19.5 Å². The number of imidazole rings is 1. The monoisotopic (exact) mass is 307 g/mol. The summed E-state index contributed by atoms with van der Waals surface area (Å²) in [6.07, 6.45) is 3.89. The van der Waals surface area contributed by atoms with Crippen molar-refractivity contribution in [2.75, 3.05) is 20.0 Å². The van der Waals surface area contributed by atoms with Crippen LogP contribution in [0.1, 0.15) is 6.04 Å². The van der Waals surface area contributed by atoms with E-state index < -0.39 is 18.5 Å². The number of hydrogen-bond donors (Lipinski definition) is 2. The number of nitrogens with zero attached hydrogens (tertiary/aromatic N) is 4. The summed E-state index contributed by atoms with van der Waals surface area (Å²) in [4.78, 5) is 12.3. The van der Waals surface area contributed by atoms with Crippen LogP contribution in [0.5, 0.6) is 0 Å². The van der Waals surface area contributed by atoms with E-state index in [-0.39, 0.29) is 6.04 Å². The van der Waals surface area contributed by atoms with E-state index in [4.69, 9.17) is 19.9 Å². The number of aromatic nitrogens is 4. The summed E-state index contributed by atoms with van der Waals surface area (Å²) < 4.78 is 17.5. The van der Waals surface area contributed by atoms with Gasteiger partial charge in [-0.2, -0.15) is 0 Å². The smallest absolute Gasteiger partial charge is 0.186 e. The zero-order valence-electron chi connectivity index (χ0n) is 12.2. The molecule has 1 aliphatic rings. The van der Waals surface area contributed by atoms with E-state index in [0.717, 1.165) is 0 Å². The van der Waals surface area contributed by atoms with Crippen molar-refractivity contribution >= 4 is 17.0 Å². The maximum absolute atomic E-state index is 10.4. The maximum Gasteiger partial charge on any atom is 0.186 e. The van der Waals surface area contributed by atoms with Crippen molar-refractivity contribution in [2.24, 2.45) is 0 Å². The molecule has 3 rings (SSSR count). The fourth-order valence-electron chi connectivity index (χ4n) is 2.56. The molecule has 0 fully saturated rings. The molecule has 9 nitrogen and oxygen atoms in total. The molecule has 3 heterocycles. The Morgan fingerprint density at radius 3 is 2.82 bits per heavy atom. The average molecular weight is 307 g/mol. The highest BCUT2D eigenvalue weighted by Gasteiger charge is 2.38. The van der Waals surface area contributed by atoms with Gasteiger partial charge in [-0.05, 0) is 6.08 Å².